The number of nitrogens with one attached hydrogen (secondary N) is 2. The van der Waals surface area contributed by atoms with Crippen molar-refractivity contribution in [3.8, 4) is 11.5 Å². The SMILES string of the molecule is C=CCNC(=O)C(=O)N/N=C/c1cc(Br)c(O)c(OCC)c1. The molecule has 0 heterocycles. The highest BCUT2D eigenvalue weighted by molar-refractivity contribution is 9.10. The number of carbonyl (C=O) groups excluding carboxylic acids is 2. The number of carbonyl (C=O) groups is 2. The highest BCUT2D eigenvalue weighted by atomic mass is 79.9. The lowest BCUT2D eigenvalue weighted by Gasteiger charge is -2.08. The van der Waals surface area contributed by atoms with Crippen LogP contribution in [0.25, 0.3) is 0 Å². The van der Waals surface area contributed by atoms with Crippen molar-refractivity contribution < 1.29 is 19.4 Å². The Morgan fingerprint density at radius 1 is 1.45 bits per heavy atom. The molecule has 0 bridgehead atoms. The predicted octanol–water partition coefficient (Wildman–Crippen LogP) is 1.31. The molecule has 0 aliphatic rings. The van der Waals surface area contributed by atoms with Gasteiger partial charge in [0.1, 0.15) is 0 Å². The Hall–Kier alpha value is -2.35. The Kier molecular flexibility index (Phi) is 7.11. The fraction of sp³-hybridized carbons (Fsp3) is 0.214. The Morgan fingerprint density at radius 3 is 2.82 bits per heavy atom. The maximum absolute atomic E-state index is 11.4. The van der Waals surface area contributed by atoms with Gasteiger partial charge < -0.3 is 15.2 Å². The molecule has 0 saturated heterocycles. The third-order valence-corrected chi connectivity index (χ3v) is 2.95. The van der Waals surface area contributed by atoms with E-state index in [1.807, 2.05) is 0 Å². The molecule has 2 amide bonds. The van der Waals surface area contributed by atoms with E-state index in [2.05, 4.69) is 38.4 Å². The van der Waals surface area contributed by atoms with Crippen LogP contribution < -0.4 is 15.5 Å². The van der Waals surface area contributed by atoms with Gasteiger partial charge >= 0.3 is 11.8 Å². The zero-order valence-electron chi connectivity index (χ0n) is 11.9. The number of ether oxygens (including phenoxy) is 1. The van der Waals surface area contributed by atoms with E-state index in [0.717, 1.165) is 0 Å². The van der Waals surface area contributed by atoms with Crippen LogP contribution in [0, 0.1) is 0 Å². The van der Waals surface area contributed by atoms with E-state index in [1.54, 1.807) is 19.1 Å². The summed E-state index contributed by atoms with van der Waals surface area (Å²) in [5.74, 6) is -1.43. The van der Waals surface area contributed by atoms with Gasteiger partial charge in [-0.1, -0.05) is 6.08 Å². The zero-order chi connectivity index (χ0) is 16.5. The van der Waals surface area contributed by atoms with E-state index < -0.39 is 11.8 Å². The van der Waals surface area contributed by atoms with Gasteiger partial charge in [-0.3, -0.25) is 9.59 Å². The van der Waals surface area contributed by atoms with Crippen LogP contribution in [0.4, 0.5) is 0 Å². The van der Waals surface area contributed by atoms with Gasteiger partial charge in [-0.05, 0) is 40.5 Å². The minimum absolute atomic E-state index is 0.0214. The van der Waals surface area contributed by atoms with Crippen molar-refractivity contribution in [2.75, 3.05) is 13.2 Å². The molecule has 0 atom stereocenters. The van der Waals surface area contributed by atoms with Crippen LogP contribution in [-0.4, -0.2) is 36.3 Å². The fourth-order valence-corrected chi connectivity index (χ4v) is 1.85. The number of aromatic hydroxyl groups is 1. The number of nitrogens with zero attached hydrogens (tertiary/aromatic N) is 1. The lowest BCUT2D eigenvalue weighted by molar-refractivity contribution is -0.139. The average molecular weight is 370 g/mol. The third-order valence-electron chi connectivity index (χ3n) is 2.34. The molecule has 0 aromatic heterocycles. The first-order valence-corrected chi connectivity index (χ1v) is 7.16. The lowest BCUT2D eigenvalue weighted by Crippen LogP contribution is -2.37. The van der Waals surface area contributed by atoms with Gasteiger partial charge in [0.25, 0.3) is 0 Å². The third kappa shape index (κ3) is 5.21. The van der Waals surface area contributed by atoms with Crippen LogP contribution in [0.15, 0.2) is 34.4 Å². The molecule has 0 radical (unpaired) electrons. The Labute approximate surface area is 136 Å². The molecule has 0 unspecified atom stereocenters. The van der Waals surface area contributed by atoms with Crippen molar-refractivity contribution in [1.29, 1.82) is 0 Å². The molecule has 0 saturated carbocycles. The molecule has 0 spiro atoms. The van der Waals surface area contributed by atoms with Crippen molar-refractivity contribution in [2.24, 2.45) is 5.10 Å². The first-order chi connectivity index (χ1) is 10.5. The number of benzene rings is 1. The van der Waals surface area contributed by atoms with Crippen LogP contribution >= 0.6 is 15.9 Å². The molecule has 3 N–H and O–H groups in total. The van der Waals surface area contributed by atoms with Crippen LogP contribution in [0.5, 0.6) is 11.5 Å². The topological polar surface area (TPSA) is 100 Å². The molecule has 118 valence electrons. The van der Waals surface area contributed by atoms with Gasteiger partial charge in [0, 0.05) is 6.54 Å². The zero-order valence-corrected chi connectivity index (χ0v) is 13.5. The lowest BCUT2D eigenvalue weighted by atomic mass is 10.2. The molecule has 7 nitrogen and oxygen atoms in total. The average Bonchev–Trinajstić information content (AvgIpc) is 2.49. The summed E-state index contributed by atoms with van der Waals surface area (Å²) in [4.78, 5) is 22.7. The van der Waals surface area contributed by atoms with Crippen LogP contribution in [0.2, 0.25) is 0 Å². The van der Waals surface area contributed by atoms with E-state index >= 15 is 0 Å². The summed E-state index contributed by atoms with van der Waals surface area (Å²) in [5, 5.41) is 15.8. The second-order valence-electron chi connectivity index (χ2n) is 3.98. The molecule has 1 aromatic carbocycles. The fourth-order valence-electron chi connectivity index (χ4n) is 1.40. The number of hydrazone groups is 1. The molecule has 8 heteroatoms. The summed E-state index contributed by atoms with van der Waals surface area (Å²) in [5.41, 5.74) is 2.66. The van der Waals surface area contributed by atoms with Gasteiger partial charge in [0.15, 0.2) is 11.5 Å². The van der Waals surface area contributed by atoms with Crippen molar-refractivity contribution in [3.63, 3.8) is 0 Å². The largest absolute Gasteiger partial charge is 0.503 e. The summed E-state index contributed by atoms with van der Waals surface area (Å²) in [6, 6.07) is 3.14. The van der Waals surface area contributed by atoms with Crippen molar-refractivity contribution >= 4 is 34.0 Å². The van der Waals surface area contributed by atoms with E-state index in [1.165, 1.54) is 12.3 Å². The predicted molar refractivity (Wildman–Crippen MR) is 85.9 cm³/mol. The van der Waals surface area contributed by atoms with Gasteiger partial charge in [-0.2, -0.15) is 5.10 Å². The maximum atomic E-state index is 11.4. The molecule has 1 aromatic rings. The number of amides is 2. The highest BCUT2D eigenvalue weighted by Gasteiger charge is 2.11. The Bertz CT molecular complexity index is 602. The second-order valence-corrected chi connectivity index (χ2v) is 4.83. The van der Waals surface area contributed by atoms with Crippen molar-refractivity contribution in [1.82, 2.24) is 10.7 Å². The van der Waals surface area contributed by atoms with Gasteiger partial charge in [-0.25, -0.2) is 5.43 Å². The second kappa shape index (κ2) is 8.83. The van der Waals surface area contributed by atoms with Gasteiger partial charge in [0.05, 0.1) is 17.3 Å². The van der Waals surface area contributed by atoms with E-state index in [4.69, 9.17) is 4.74 Å². The van der Waals surface area contributed by atoms with Gasteiger partial charge in [0.2, 0.25) is 0 Å². The Balaban J connectivity index is 2.72. The van der Waals surface area contributed by atoms with Crippen LogP contribution in [0.1, 0.15) is 12.5 Å². The summed E-state index contributed by atoms with van der Waals surface area (Å²) in [6.45, 7) is 5.79. The quantitative estimate of drug-likeness (QED) is 0.304. The molecular formula is C14H16BrN3O4. The minimum atomic E-state index is -0.888. The molecule has 22 heavy (non-hydrogen) atoms. The van der Waals surface area contributed by atoms with E-state index in [-0.39, 0.29) is 18.0 Å². The molecule has 0 fully saturated rings. The Morgan fingerprint density at radius 2 is 2.18 bits per heavy atom. The summed E-state index contributed by atoms with van der Waals surface area (Å²) < 4.78 is 5.69. The molecular weight excluding hydrogens is 354 g/mol. The highest BCUT2D eigenvalue weighted by Crippen LogP contribution is 2.34. The first-order valence-electron chi connectivity index (χ1n) is 6.37. The van der Waals surface area contributed by atoms with Crippen LogP contribution in [-0.2, 0) is 9.59 Å². The number of rotatable bonds is 6. The number of phenols is 1. The smallest absolute Gasteiger partial charge is 0.329 e. The summed E-state index contributed by atoms with van der Waals surface area (Å²) in [7, 11) is 0. The van der Waals surface area contributed by atoms with Gasteiger partial charge in [-0.15, -0.1) is 6.58 Å². The summed E-state index contributed by atoms with van der Waals surface area (Å²) in [6.07, 6.45) is 2.78. The molecule has 0 aliphatic heterocycles. The van der Waals surface area contributed by atoms with Crippen LogP contribution in [0.3, 0.4) is 0 Å². The standard InChI is InChI=1S/C14H16BrN3O4/c1-3-5-16-13(20)14(21)18-17-8-9-6-10(15)12(19)11(7-9)22-4-2/h3,6-8,19H,1,4-5H2,2H3,(H,16,20)(H,18,21)/b17-8+. The van der Waals surface area contributed by atoms with E-state index in [9.17, 15) is 14.7 Å². The first kappa shape index (κ1) is 17.7. The number of phenolic OH excluding ortho intramolecular Hbond substituents is 1. The molecule has 0 aliphatic carbocycles. The monoisotopic (exact) mass is 369 g/mol. The normalized spacial score (nSPS) is 10.3. The van der Waals surface area contributed by atoms with E-state index in [0.29, 0.717) is 16.6 Å². The van der Waals surface area contributed by atoms with Crippen molar-refractivity contribution in [3.05, 3.63) is 34.8 Å². The minimum Gasteiger partial charge on any atom is -0.503 e. The maximum Gasteiger partial charge on any atom is 0.329 e. The number of hydrogen-bond acceptors (Lipinski definition) is 5. The van der Waals surface area contributed by atoms with Crippen molar-refractivity contribution in [2.45, 2.75) is 6.92 Å². The summed E-state index contributed by atoms with van der Waals surface area (Å²) >= 11 is 3.19. The number of halogens is 1. The molecule has 1 rings (SSSR count). The number of hydrogen-bond donors (Lipinski definition) is 3.